The zero-order valence-corrected chi connectivity index (χ0v) is 17.3. The van der Waals surface area contributed by atoms with Crippen molar-refractivity contribution in [3.63, 3.8) is 0 Å². The van der Waals surface area contributed by atoms with Crippen LogP contribution in [0.5, 0.6) is 0 Å². The van der Waals surface area contributed by atoms with Gasteiger partial charge in [-0.1, -0.05) is 0 Å². The molecule has 0 aromatic carbocycles. The van der Waals surface area contributed by atoms with E-state index in [1.807, 2.05) is 0 Å². The minimum Gasteiger partial charge on any atom is -0.463 e. The summed E-state index contributed by atoms with van der Waals surface area (Å²) in [6, 6.07) is 1.58. The van der Waals surface area contributed by atoms with Gasteiger partial charge in [0.2, 0.25) is 6.29 Å². The van der Waals surface area contributed by atoms with Crippen molar-refractivity contribution < 1.29 is 52.1 Å². The van der Waals surface area contributed by atoms with Gasteiger partial charge in [0.25, 0.3) is 5.91 Å². The van der Waals surface area contributed by atoms with E-state index in [1.165, 1.54) is 18.4 Å². The molecule has 0 radical (unpaired) electrons. The van der Waals surface area contributed by atoms with E-state index < -0.39 is 67.0 Å². The Labute approximate surface area is 177 Å². The van der Waals surface area contributed by atoms with Gasteiger partial charge in [-0.15, -0.1) is 0 Å². The lowest BCUT2D eigenvalue weighted by Crippen LogP contribution is -2.67. The van der Waals surface area contributed by atoms with Crippen LogP contribution >= 0.6 is 0 Å². The number of hydrogen-bond donors (Lipinski definition) is 1. The molecule has 2 heterocycles. The van der Waals surface area contributed by atoms with Crippen LogP contribution < -0.4 is 5.32 Å². The zero-order chi connectivity index (χ0) is 23.1. The van der Waals surface area contributed by atoms with Crippen LogP contribution in [-0.4, -0.2) is 67.0 Å². The maximum Gasteiger partial charge on any atom is 0.305 e. The maximum atomic E-state index is 12.5. The molecule has 170 valence electrons. The van der Waals surface area contributed by atoms with Crippen molar-refractivity contribution in [3.05, 3.63) is 24.2 Å². The number of carbonyl (C=O) groups excluding carboxylic acids is 5. The average molecular weight is 441 g/mol. The molecule has 1 saturated heterocycles. The second-order valence-electron chi connectivity index (χ2n) is 6.58. The molecule has 1 fully saturated rings. The highest BCUT2D eigenvalue weighted by molar-refractivity contribution is 5.91. The van der Waals surface area contributed by atoms with Crippen LogP contribution in [0.2, 0.25) is 0 Å². The molecule has 0 bridgehead atoms. The van der Waals surface area contributed by atoms with Gasteiger partial charge in [0.05, 0.1) is 6.26 Å². The number of carbonyl (C=O) groups is 5. The van der Waals surface area contributed by atoms with Crippen LogP contribution in [0.4, 0.5) is 0 Å². The predicted molar refractivity (Wildman–Crippen MR) is 98.1 cm³/mol. The Kier molecular flexibility index (Phi) is 8.14. The first kappa shape index (κ1) is 23.9. The molecular formula is C19H23NO11. The summed E-state index contributed by atoms with van der Waals surface area (Å²) < 4.78 is 31.4. The second kappa shape index (κ2) is 10.6. The van der Waals surface area contributed by atoms with Gasteiger partial charge in [-0.25, -0.2) is 0 Å². The molecule has 31 heavy (non-hydrogen) atoms. The molecule has 0 spiro atoms. The van der Waals surface area contributed by atoms with Gasteiger partial charge in [0, 0.05) is 27.7 Å². The highest BCUT2D eigenvalue weighted by atomic mass is 16.7. The third-order valence-electron chi connectivity index (χ3n) is 4.03. The summed E-state index contributed by atoms with van der Waals surface area (Å²) >= 11 is 0. The Morgan fingerprint density at radius 1 is 0.903 bits per heavy atom. The summed E-state index contributed by atoms with van der Waals surface area (Å²) in [5.41, 5.74) is 0. The molecule has 1 aliphatic rings. The van der Waals surface area contributed by atoms with E-state index in [4.69, 9.17) is 28.1 Å². The quantitative estimate of drug-likeness (QED) is 0.452. The summed E-state index contributed by atoms with van der Waals surface area (Å²) in [6.07, 6.45) is -4.00. The Morgan fingerprint density at radius 3 is 2.03 bits per heavy atom. The summed E-state index contributed by atoms with van der Waals surface area (Å²) in [6.45, 7) is 4.08. The Hall–Kier alpha value is -3.41. The molecule has 12 nitrogen and oxygen atoms in total. The minimum absolute atomic E-state index is 0.0748. The van der Waals surface area contributed by atoms with E-state index >= 15 is 0 Å². The van der Waals surface area contributed by atoms with Gasteiger partial charge in [0.15, 0.2) is 18.0 Å². The molecule has 1 aliphatic heterocycles. The van der Waals surface area contributed by atoms with Crippen LogP contribution in [0, 0.1) is 0 Å². The first-order valence-electron chi connectivity index (χ1n) is 9.23. The van der Waals surface area contributed by atoms with Crippen LogP contribution in [-0.2, 0) is 42.9 Å². The largest absolute Gasteiger partial charge is 0.463 e. The molecule has 1 aromatic rings. The fraction of sp³-hybridized carbons (Fsp3) is 0.526. The summed E-state index contributed by atoms with van der Waals surface area (Å²) in [4.78, 5) is 58.9. The highest BCUT2D eigenvalue weighted by Gasteiger charge is 2.52. The lowest BCUT2D eigenvalue weighted by Gasteiger charge is -2.44. The van der Waals surface area contributed by atoms with E-state index in [0.29, 0.717) is 0 Å². The summed E-state index contributed by atoms with van der Waals surface area (Å²) in [5, 5.41) is 2.51. The minimum atomic E-state index is -1.46. The van der Waals surface area contributed by atoms with Crippen LogP contribution in [0.25, 0.3) is 0 Å². The topological polar surface area (TPSA) is 157 Å². The summed E-state index contributed by atoms with van der Waals surface area (Å²) in [7, 11) is 0. The van der Waals surface area contributed by atoms with Gasteiger partial charge in [-0.3, -0.25) is 24.0 Å². The van der Waals surface area contributed by atoms with Gasteiger partial charge in [-0.05, 0) is 12.1 Å². The van der Waals surface area contributed by atoms with Gasteiger partial charge in [0.1, 0.15) is 18.8 Å². The maximum absolute atomic E-state index is 12.5. The van der Waals surface area contributed by atoms with Crippen molar-refractivity contribution in [1.29, 1.82) is 0 Å². The predicted octanol–water partition coefficient (Wildman–Crippen LogP) is 0.0925. The van der Waals surface area contributed by atoms with E-state index in [9.17, 15) is 24.0 Å². The number of amides is 1. The van der Waals surface area contributed by atoms with Crippen molar-refractivity contribution in [2.75, 3.05) is 6.61 Å². The molecule has 5 atom stereocenters. The molecule has 2 rings (SSSR count). The third kappa shape index (κ3) is 6.81. The number of nitrogens with one attached hydrogen (secondary N) is 1. The van der Waals surface area contributed by atoms with Gasteiger partial charge in [-0.2, -0.15) is 0 Å². The summed E-state index contributed by atoms with van der Waals surface area (Å²) in [5.74, 6) is -3.73. The highest BCUT2D eigenvalue weighted by Crippen LogP contribution is 2.28. The number of esters is 4. The molecule has 1 N–H and O–H groups in total. The third-order valence-corrected chi connectivity index (χ3v) is 4.03. The first-order chi connectivity index (χ1) is 14.6. The number of hydrogen-bond acceptors (Lipinski definition) is 11. The monoisotopic (exact) mass is 441 g/mol. The smallest absolute Gasteiger partial charge is 0.305 e. The van der Waals surface area contributed by atoms with E-state index in [0.717, 1.165) is 27.7 Å². The molecule has 0 aliphatic carbocycles. The second-order valence-corrected chi connectivity index (χ2v) is 6.58. The fourth-order valence-electron chi connectivity index (χ4n) is 2.95. The van der Waals surface area contributed by atoms with Crippen LogP contribution in [0.15, 0.2) is 22.8 Å². The molecule has 12 heteroatoms. The van der Waals surface area contributed by atoms with Crippen molar-refractivity contribution in [2.45, 2.75) is 58.3 Å². The van der Waals surface area contributed by atoms with Crippen molar-refractivity contribution >= 4 is 29.8 Å². The molecule has 0 saturated carbocycles. The van der Waals surface area contributed by atoms with E-state index in [2.05, 4.69) is 5.32 Å². The Balaban J connectivity index is 2.42. The molecular weight excluding hydrogens is 418 g/mol. The fourth-order valence-corrected chi connectivity index (χ4v) is 2.95. The first-order valence-corrected chi connectivity index (χ1v) is 9.23. The van der Waals surface area contributed by atoms with Crippen molar-refractivity contribution in [2.24, 2.45) is 0 Å². The molecule has 1 aromatic heterocycles. The molecule has 0 unspecified atom stereocenters. The van der Waals surface area contributed by atoms with Crippen LogP contribution in [0.3, 0.4) is 0 Å². The lowest BCUT2D eigenvalue weighted by molar-refractivity contribution is -0.270. The lowest BCUT2D eigenvalue weighted by atomic mass is 9.96. The molecule has 1 amide bonds. The van der Waals surface area contributed by atoms with E-state index in [-0.39, 0.29) is 5.76 Å². The average Bonchev–Trinajstić information content (AvgIpc) is 3.18. The van der Waals surface area contributed by atoms with Gasteiger partial charge >= 0.3 is 23.9 Å². The number of ether oxygens (including phenoxy) is 5. The SMILES string of the molecule is CC(=O)OC[C@@H]1O[C@H](OC(C)=O)[C@H](NC(=O)c2ccco2)[C@H](OC(C)=O)[C@@H]1OC(C)=O. The number of furan rings is 1. The standard InChI is InChI=1S/C19H23NO11/c1-9(21)27-8-14-16(28-10(2)22)17(29-11(3)23)15(19(31-14)30-12(4)24)20-18(25)13-6-5-7-26-13/h5-7,14-17,19H,8H2,1-4H3,(H,20,25)/t14-,15+,16+,17-,19-/m0/s1. The zero-order valence-electron chi connectivity index (χ0n) is 17.3. The normalized spacial score (nSPS) is 25.1. The van der Waals surface area contributed by atoms with Crippen molar-refractivity contribution in [3.8, 4) is 0 Å². The van der Waals surface area contributed by atoms with Crippen molar-refractivity contribution in [1.82, 2.24) is 5.32 Å². The number of rotatable bonds is 7. The Morgan fingerprint density at radius 2 is 1.52 bits per heavy atom. The Bertz CT molecular complexity index is 819. The van der Waals surface area contributed by atoms with Gasteiger partial charge < -0.3 is 33.4 Å². The van der Waals surface area contributed by atoms with Crippen LogP contribution in [0.1, 0.15) is 38.2 Å². The van der Waals surface area contributed by atoms with E-state index in [1.54, 1.807) is 0 Å².